The monoisotopic (exact) mass is 174 g/mol. The van der Waals surface area contributed by atoms with Gasteiger partial charge in [-0.25, -0.2) is 4.79 Å². The van der Waals surface area contributed by atoms with Gasteiger partial charge in [0.1, 0.15) is 6.61 Å². The first-order chi connectivity index (χ1) is 5.66. The third kappa shape index (κ3) is 7.54. The van der Waals surface area contributed by atoms with E-state index in [9.17, 15) is 4.79 Å². The van der Waals surface area contributed by atoms with E-state index in [0.29, 0.717) is 19.1 Å². The zero-order chi connectivity index (χ0) is 9.40. The van der Waals surface area contributed by atoms with Gasteiger partial charge in [0.15, 0.2) is 0 Å². The molecule has 0 rings (SSSR count). The van der Waals surface area contributed by atoms with E-state index in [0.717, 1.165) is 6.42 Å². The Morgan fingerprint density at radius 1 is 1.42 bits per heavy atom. The van der Waals surface area contributed by atoms with Crippen molar-refractivity contribution in [3.63, 3.8) is 0 Å². The molecule has 0 unspecified atom stereocenters. The Morgan fingerprint density at radius 3 is 2.58 bits per heavy atom. The van der Waals surface area contributed by atoms with Gasteiger partial charge in [0, 0.05) is 6.61 Å². The number of hydrogen-bond acceptors (Lipinski definition) is 3. The van der Waals surface area contributed by atoms with Crippen LogP contribution in [0.3, 0.4) is 0 Å². The van der Waals surface area contributed by atoms with Crippen molar-refractivity contribution in [1.82, 2.24) is 0 Å². The first kappa shape index (κ1) is 11.4. The maximum absolute atomic E-state index is 10.9. The Balaban J connectivity index is 3.22. The SMILES string of the molecule is CCCOCC(=O)OCC(C)C. The van der Waals surface area contributed by atoms with Gasteiger partial charge in [-0.05, 0) is 12.3 Å². The van der Waals surface area contributed by atoms with Crippen molar-refractivity contribution in [3.05, 3.63) is 0 Å². The minimum atomic E-state index is -0.267. The van der Waals surface area contributed by atoms with Crippen molar-refractivity contribution in [2.75, 3.05) is 19.8 Å². The molecular formula is C9H18O3. The summed E-state index contributed by atoms with van der Waals surface area (Å²) in [7, 11) is 0. The fourth-order valence-electron chi connectivity index (χ4n) is 0.601. The summed E-state index contributed by atoms with van der Waals surface area (Å²) in [6, 6.07) is 0. The van der Waals surface area contributed by atoms with Gasteiger partial charge in [0.25, 0.3) is 0 Å². The molecule has 0 aliphatic carbocycles. The Bertz CT molecular complexity index is 121. The van der Waals surface area contributed by atoms with Crippen molar-refractivity contribution in [2.24, 2.45) is 5.92 Å². The van der Waals surface area contributed by atoms with Gasteiger partial charge in [-0.15, -0.1) is 0 Å². The molecule has 0 atom stereocenters. The van der Waals surface area contributed by atoms with E-state index in [1.54, 1.807) is 0 Å². The molecule has 0 aromatic carbocycles. The molecule has 72 valence electrons. The summed E-state index contributed by atoms with van der Waals surface area (Å²) in [6.07, 6.45) is 0.928. The Hall–Kier alpha value is -0.570. The molecule has 3 heteroatoms. The molecule has 0 fully saturated rings. The summed E-state index contributed by atoms with van der Waals surface area (Å²) in [5.74, 6) is 0.122. The molecule has 0 heterocycles. The molecular weight excluding hydrogens is 156 g/mol. The van der Waals surface area contributed by atoms with Gasteiger partial charge >= 0.3 is 5.97 Å². The predicted octanol–water partition coefficient (Wildman–Crippen LogP) is 1.61. The van der Waals surface area contributed by atoms with Gasteiger partial charge in [0.05, 0.1) is 6.61 Å². The summed E-state index contributed by atoms with van der Waals surface area (Å²) in [5, 5.41) is 0. The zero-order valence-electron chi connectivity index (χ0n) is 8.13. The largest absolute Gasteiger partial charge is 0.464 e. The molecule has 0 N–H and O–H groups in total. The van der Waals surface area contributed by atoms with E-state index in [2.05, 4.69) is 0 Å². The van der Waals surface area contributed by atoms with Crippen LogP contribution in [0.25, 0.3) is 0 Å². The van der Waals surface area contributed by atoms with E-state index in [-0.39, 0.29) is 12.6 Å². The molecule has 0 spiro atoms. The highest BCUT2D eigenvalue weighted by Crippen LogP contribution is 1.93. The molecule has 0 aliphatic rings. The molecule has 12 heavy (non-hydrogen) atoms. The van der Waals surface area contributed by atoms with Crippen molar-refractivity contribution in [3.8, 4) is 0 Å². The maximum Gasteiger partial charge on any atom is 0.332 e. The molecule has 0 saturated heterocycles. The van der Waals surface area contributed by atoms with Crippen LogP contribution in [-0.2, 0) is 14.3 Å². The highest BCUT2D eigenvalue weighted by molar-refractivity contribution is 5.70. The number of carbonyl (C=O) groups excluding carboxylic acids is 1. The first-order valence-corrected chi connectivity index (χ1v) is 4.40. The highest BCUT2D eigenvalue weighted by Gasteiger charge is 2.03. The molecule has 0 aliphatic heterocycles. The van der Waals surface area contributed by atoms with Crippen molar-refractivity contribution < 1.29 is 14.3 Å². The van der Waals surface area contributed by atoms with E-state index >= 15 is 0 Å². The number of esters is 1. The molecule has 0 aromatic rings. The summed E-state index contributed by atoms with van der Waals surface area (Å²) in [6.45, 7) is 7.19. The van der Waals surface area contributed by atoms with Crippen molar-refractivity contribution in [2.45, 2.75) is 27.2 Å². The molecule has 3 nitrogen and oxygen atoms in total. The maximum atomic E-state index is 10.9. The second-order valence-electron chi connectivity index (χ2n) is 3.13. The fourth-order valence-corrected chi connectivity index (χ4v) is 0.601. The topological polar surface area (TPSA) is 35.5 Å². The third-order valence-electron chi connectivity index (χ3n) is 1.15. The quantitative estimate of drug-likeness (QED) is 0.453. The van der Waals surface area contributed by atoms with E-state index < -0.39 is 0 Å². The second-order valence-corrected chi connectivity index (χ2v) is 3.13. The normalized spacial score (nSPS) is 10.3. The zero-order valence-corrected chi connectivity index (χ0v) is 8.13. The molecule has 0 saturated carbocycles. The van der Waals surface area contributed by atoms with Crippen LogP contribution in [0.15, 0.2) is 0 Å². The van der Waals surface area contributed by atoms with Gasteiger partial charge in [0.2, 0.25) is 0 Å². The van der Waals surface area contributed by atoms with Gasteiger partial charge < -0.3 is 9.47 Å². The van der Waals surface area contributed by atoms with Crippen LogP contribution in [0.5, 0.6) is 0 Å². The van der Waals surface area contributed by atoms with E-state index in [1.807, 2.05) is 20.8 Å². The van der Waals surface area contributed by atoms with E-state index in [1.165, 1.54) is 0 Å². The predicted molar refractivity (Wildman–Crippen MR) is 46.9 cm³/mol. The standard InChI is InChI=1S/C9H18O3/c1-4-5-11-7-9(10)12-6-8(2)3/h8H,4-7H2,1-3H3. The number of rotatable bonds is 6. The third-order valence-corrected chi connectivity index (χ3v) is 1.15. The average molecular weight is 174 g/mol. The van der Waals surface area contributed by atoms with Crippen LogP contribution < -0.4 is 0 Å². The fraction of sp³-hybridized carbons (Fsp3) is 0.889. The Labute approximate surface area is 74.0 Å². The summed E-state index contributed by atoms with van der Waals surface area (Å²) < 4.78 is 9.89. The van der Waals surface area contributed by atoms with Gasteiger partial charge in [-0.1, -0.05) is 20.8 Å². The average Bonchev–Trinajstić information content (AvgIpc) is 2.01. The summed E-state index contributed by atoms with van der Waals surface area (Å²) >= 11 is 0. The number of ether oxygens (including phenoxy) is 2. The lowest BCUT2D eigenvalue weighted by atomic mass is 10.2. The van der Waals surface area contributed by atoms with Crippen LogP contribution in [-0.4, -0.2) is 25.8 Å². The van der Waals surface area contributed by atoms with E-state index in [4.69, 9.17) is 9.47 Å². The number of hydrogen-bond donors (Lipinski definition) is 0. The number of carbonyl (C=O) groups is 1. The van der Waals surface area contributed by atoms with Crippen LogP contribution >= 0.6 is 0 Å². The molecule has 0 bridgehead atoms. The highest BCUT2D eigenvalue weighted by atomic mass is 16.6. The minimum absolute atomic E-state index is 0.0839. The Morgan fingerprint density at radius 2 is 2.08 bits per heavy atom. The van der Waals surface area contributed by atoms with Crippen LogP contribution in [0.4, 0.5) is 0 Å². The lowest BCUT2D eigenvalue weighted by Crippen LogP contribution is -2.15. The second kappa shape index (κ2) is 7.10. The Kier molecular flexibility index (Phi) is 6.76. The first-order valence-electron chi connectivity index (χ1n) is 4.40. The molecule has 0 aromatic heterocycles. The summed E-state index contributed by atoms with van der Waals surface area (Å²) in [4.78, 5) is 10.9. The lowest BCUT2D eigenvalue weighted by molar-refractivity contribution is -0.150. The molecule has 0 radical (unpaired) electrons. The van der Waals surface area contributed by atoms with Crippen molar-refractivity contribution in [1.29, 1.82) is 0 Å². The van der Waals surface area contributed by atoms with Crippen LogP contribution in [0, 0.1) is 5.92 Å². The smallest absolute Gasteiger partial charge is 0.332 e. The van der Waals surface area contributed by atoms with Crippen LogP contribution in [0.1, 0.15) is 27.2 Å². The van der Waals surface area contributed by atoms with Gasteiger partial charge in [-0.2, -0.15) is 0 Å². The lowest BCUT2D eigenvalue weighted by Gasteiger charge is -2.06. The summed E-state index contributed by atoms with van der Waals surface area (Å²) in [5.41, 5.74) is 0. The van der Waals surface area contributed by atoms with Crippen LogP contribution in [0.2, 0.25) is 0 Å². The van der Waals surface area contributed by atoms with Gasteiger partial charge in [-0.3, -0.25) is 0 Å². The minimum Gasteiger partial charge on any atom is -0.464 e. The van der Waals surface area contributed by atoms with Crippen molar-refractivity contribution >= 4 is 5.97 Å². The molecule has 0 amide bonds.